The third-order valence-electron chi connectivity index (χ3n) is 4.14. The van der Waals surface area contributed by atoms with Crippen molar-refractivity contribution in [2.24, 2.45) is 0 Å². The van der Waals surface area contributed by atoms with Crippen molar-refractivity contribution in [3.8, 4) is 0 Å². The third-order valence-corrected chi connectivity index (χ3v) is 4.14. The molecule has 0 saturated carbocycles. The van der Waals surface area contributed by atoms with Gasteiger partial charge in [0.05, 0.1) is 18.1 Å². The molecule has 1 atom stereocenters. The quantitative estimate of drug-likeness (QED) is 0.901. The number of piperidine rings is 1. The van der Waals surface area contributed by atoms with E-state index in [-0.39, 0.29) is 18.4 Å². The first kappa shape index (κ1) is 15.3. The van der Waals surface area contributed by atoms with Crippen molar-refractivity contribution in [3.05, 3.63) is 30.1 Å². The van der Waals surface area contributed by atoms with Gasteiger partial charge in [-0.3, -0.25) is 4.79 Å². The van der Waals surface area contributed by atoms with Gasteiger partial charge in [-0.1, -0.05) is 12.1 Å². The highest BCUT2D eigenvalue weighted by atomic mass is 16.5. The second-order valence-electron chi connectivity index (χ2n) is 5.66. The molecule has 2 aromatic rings. The molecular formula is C16H20N4O3. The summed E-state index contributed by atoms with van der Waals surface area (Å²) in [5, 5.41) is 2.43. The molecule has 1 fully saturated rings. The van der Waals surface area contributed by atoms with Crippen LogP contribution in [0.5, 0.6) is 0 Å². The van der Waals surface area contributed by atoms with Crippen molar-refractivity contribution in [3.63, 3.8) is 0 Å². The Morgan fingerprint density at radius 3 is 3.04 bits per heavy atom. The zero-order valence-electron chi connectivity index (χ0n) is 13.0. The summed E-state index contributed by atoms with van der Waals surface area (Å²) in [6.07, 6.45) is 1.32. The number of nitrogens with one attached hydrogen (secondary N) is 2. The molecule has 23 heavy (non-hydrogen) atoms. The Morgan fingerprint density at radius 2 is 2.26 bits per heavy atom. The highest BCUT2D eigenvalue weighted by Crippen LogP contribution is 2.26. The van der Waals surface area contributed by atoms with E-state index in [9.17, 15) is 9.59 Å². The van der Waals surface area contributed by atoms with Crippen LogP contribution in [0.3, 0.4) is 0 Å². The van der Waals surface area contributed by atoms with Gasteiger partial charge in [0.2, 0.25) is 5.91 Å². The van der Waals surface area contributed by atoms with Crippen LogP contribution in [0.25, 0.3) is 11.0 Å². The van der Waals surface area contributed by atoms with Gasteiger partial charge in [0.25, 0.3) is 0 Å². The van der Waals surface area contributed by atoms with Gasteiger partial charge in [0.15, 0.2) is 0 Å². The lowest BCUT2D eigenvalue weighted by atomic mass is 9.97. The van der Waals surface area contributed by atoms with Gasteiger partial charge in [-0.15, -0.1) is 0 Å². The molecule has 0 unspecified atom stereocenters. The Bertz CT molecular complexity index is 679. The number of amides is 2. The number of alkyl carbamates (subject to hydrolysis) is 1. The van der Waals surface area contributed by atoms with Crippen LogP contribution in [0.4, 0.5) is 4.79 Å². The molecule has 122 valence electrons. The topological polar surface area (TPSA) is 87.3 Å². The molecule has 2 amide bonds. The molecule has 2 N–H and O–H groups in total. The number of aromatic nitrogens is 2. The largest absolute Gasteiger partial charge is 0.453 e. The minimum absolute atomic E-state index is 0.0421. The smallest absolute Gasteiger partial charge is 0.407 e. The van der Waals surface area contributed by atoms with E-state index in [0.717, 1.165) is 29.7 Å². The summed E-state index contributed by atoms with van der Waals surface area (Å²) in [6.45, 7) is 1.28. The van der Waals surface area contributed by atoms with E-state index < -0.39 is 6.09 Å². The third kappa shape index (κ3) is 3.44. The van der Waals surface area contributed by atoms with Crippen LogP contribution in [-0.2, 0) is 9.53 Å². The van der Waals surface area contributed by atoms with Crippen molar-refractivity contribution < 1.29 is 14.3 Å². The van der Waals surface area contributed by atoms with E-state index in [1.54, 1.807) is 4.90 Å². The van der Waals surface area contributed by atoms with Gasteiger partial charge in [-0.25, -0.2) is 9.78 Å². The molecule has 2 heterocycles. The molecule has 1 aliphatic heterocycles. The molecule has 1 aliphatic rings. The fourth-order valence-electron chi connectivity index (χ4n) is 2.92. The zero-order chi connectivity index (χ0) is 16.2. The average Bonchev–Trinajstić information content (AvgIpc) is 3.03. The Hall–Kier alpha value is -2.57. The summed E-state index contributed by atoms with van der Waals surface area (Å²) in [5.41, 5.74) is 1.96. The van der Waals surface area contributed by atoms with Crippen LogP contribution >= 0.6 is 0 Å². The molecule has 3 rings (SSSR count). The monoisotopic (exact) mass is 316 g/mol. The standard InChI is InChI=1S/C16H20N4O3/c1-23-16(22)17-9-14(21)20-8-4-5-11(10-20)15-18-12-6-2-3-7-13(12)19-15/h2-3,6-7,11H,4-5,8-10H2,1H3,(H,17,22)(H,18,19)/t11-/m0/s1. The lowest BCUT2D eigenvalue weighted by Crippen LogP contribution is -2.44. The van der Waals surface area contributed by atoms with E-state index in [1.165, 1.54) is 7.11 Å². The normalized spacial score (nSPS) is 18.0. The van der Waals surface area contributed by atoms with E-state index in [4.69, 9.17) is 0 Å². The van der Waals surface area contributed by atoms with Gasteiger partial charge in [0, 0.05) is 19.0 Å². The van der Waals surface area contributed by atoms with E-state index >= 15 is 0 Å². The number of methoxy groups -OCH3 is 1. The number of ether oxygens (including phenoxy) is 1. The summed E-state index contributed by atoms with van der Waals surface area (Å²) < 4.78 is 4.48. The van der Waals surface area contributed by atoms with Crippen molar-refractivity contribution in [1.82, 2.24) is 20.2 Å². The second kappa shape index (κ2) is 6.68. The molecule has 0 bridgehead atoms. The van der Waals surface area contributed by atoms with Crippen molar-refractivity contribution in [2.45, 2.75) is 18.8 Å². The molecule has 7 nitrogen and oxygen atoms in total. The first-order chi connectivity index (χ1) is 11.2. The van der Waals surface area contributed by atoms with Crippen LogP contribution in [0.1, 0.15) is 24.6 Å². The number of hydrogen-bond acceptors (Lipinski definition) is 4. The number of hydrogen-bond donors (Lipinski definition) is 2. The first-order valence-corrected chi connectivity index (χ1v) is 7.71. The molecule has 1 aromatic carbocycles. The average molecular weight is 316 g/mol. The minimum atomic E-state index is -0.593. The molecule has 0 spiro atoms. The number of aromatic amines is 1. The summed E-state index contributed by atoms with van der Waals surface area (Å²) in [4.78, 5) is 33.0. The van der Waals surface area contributed by atoms with Gasteiger partial charge in [-0.05, 0) is 25.0 Å². The highest BCUT2D eigenvalue weighted by molar-refractivity contribution is 5.82. The lowest BCUT2D eigenvalue weighted by Gasteiger charge is -2.31. The lowest BCUT2D eigenvalue weighted by molar-refractivity contribution is -0.131. The first-order valence-electron chi connectivity index (χ1n) is 7.71. The molecule has 0 radical (unpaired) electrons. The number of likely N-dealkylation sites (tertiary alicyclic amines) is 1. The number of rotatable bonds is 3. The summed E-state index contributed by atoms with van der Waals surface area (Å²) >= 11 is 0. The van der Waals surface area contributed by atoms with E-state index in [2.05, 4.69) is 20.0 Å². The maximum atomic E-state index is 12.2. The molecule has 1 aromatic heterocycles. The predicted molar refractivity (Wildman–Crippen MR) is 85.1 cm³/mol. The van der Waals surface area contributed by atoms with Crippen molar-refractivity contribution >= 4 is 23.0 Å². The second-order valence-corrected chi connectivity index (χ2v) is 5.66. The van der Waals surface area contributed by atoms with Gasteiger partial charge < -0.3 is 19.9 Å². The molecular weight excluding hydrogens is 296 g/mol. The number of fused-ring (bicyclic) bond motifs is 1. The number of imidazole rings is 1. The van der Waals surface area contributed by atoms with Crippen LogP contribution in [0.2, 0.25) is 0 Å². The van der Waals surface area contributed by atoms with Crippen molar-refractivity contribution in [1.29, 1.82) is 0 Å². The Kier molecular flexibility index (Phi) is 4.45. The fraction of sp³-hybridized carbons (Fsp3) is 0.438. The Labute approximate surface area is 134 Å². The number of nitrogens with zero attached hydrogens (tertiary/aromatic N) is 2. The SMILES string of the molecule is COC(=O)NCC(=O)N1CCC[C@H](c2nc3ccccc3[nH]2)C1. The Morgan fingerprint density at radius 1 is 1.43 bits per heavy atom. The number of para-hydroxylation sites is 2. The maximum absolute atomic E-state index is 12.2. The number of benzene rings is 1. The molecule has 1 saturated heterocycles. The number of carbonyl (C=O) groups excluding carboxylic acids is 2. The molecule has 7 heteroatoms. The van der Waals surface area contributed by atoms with Gasteiger partial charge >= 0.3 is 6.09 Å². The summed E-state index contributed by atoms with van der Waals surface area (Å²) in [6, 6.07) is 7.90. The molecule has 0 aliphatic carbocycles. The number of carbonyl (C=O) groups is 2. The summed E-state index contributed by atoms with van der Waals surface area (Å²) in [7, 11) is 1.28. The predicted octanol–water partition coefficient (Wildman–Crippen LogP) is 1.62. The number of H-pyrrole nitrogens is 1. The highest BCUT2D eigenvalue weighted by Gasteiger charge is 2.26. The van der Waals surface area contributed by atoms with Crippen LogP contribution in [0.15, 0.2) is 24.3 Å². The van der Waals surface area contributed by atoms with E-state index in [0.29, 0.717) is 13.1 Å². The summed E-state index contributed by atoms with van der Waals surface area (Å²) in [5.74, 6) is 1.01. The van der Waals surface area contributed by atoms with E-state index in [1.807, 2.05) is 24.3 Å². The fourth-order valence-corrected chi connectivity index (χ4v) is 2.92. The van der Waals surface area contributed by atoms with Crippen LogP contribution < -0.4 is 5.32 Å². The van der Waals surface area contributed by atoms with Crippen LogP contribution in [-0.4, -0.2) is 53.6 Å². The maximum Gasteiger partial charge on any atom is 0.407 e. The zero-order valence-corrected chi connectivity index (χ0v) is 13.0. The van der Waals surface area contributed by atoms with Crippen molar-refractivity contribution in [2.75, 3.05) is 26.7 Å². The minimum Gasteiger partial charge on any atom is -0.453 e. The Balaban J connectivity index is 1.65. The van der Waals surface area contributed by atoms with Gasteiger partial charge in [0.1, 0.15) is 12.4 Å². The van der Waals surface area contributed by atoms with Crippen LogP contribution in [0, 0.1) is 0 Å². The van der Waals surface area contributed by atoms with Gasteiger partial charge in [-0.2, -0.15) is 0 Å².